The second kappa shape index (κ2) is 9.56. The summed E-state index contributed by atoms with van der Waals surface area (Å²) in [6.45, 7) is 4.63. The van der Waals surface area contributed by atoms with Crippen LogP contribution < -0.4 is 16.0 Å². The largest absolute Gasteiger partial charge is 0.471 e. The Morgan fingerprint density at radius 2 is 1.89 bits per heavy atom. The number of fused-ring (bicyclic) bond motifs is 1. The average molecular weight is 512 g/mol. The fraction of sp³-hybridized carbons (Fsp3) is 0.792. The van der Waals surface area contributed by atoms with Crippen molar-refractivity contribution in [2.45, 2.75) is 76.7 Å². The van der Waals surface area contributed by atoms with Gasteiger partial charge in [0.2, 0.25) is 17.7 Å². The van der Waals surface area contributed by atoms with Gasteiger partial charge in [-0.1, -0.05) is 33.1 Å². The molecule has 0 aromatic carbocycles. The molecule has 0 bridgehead atoms. The molecule has 4 rings (SSSR count). The number of nitriles is 1. The van der Waals surface area contributed by atoms with Gasteiger partial charge in [-0.25, -0.2) is 0 Å². The van der Waals surface area contributed by atoms with Crippen LogP contribution in [0, 0.1) is 40.4 Å². The second-order valence-corrected chi connectivity index (χ2v) is 11.1. The predicted molar refractivity (Wildman–Crippen MR) is 119 cm³/mol. The number of nitrogens with zero attached hydrogens (tertiary/aromatic N) is 2. The molecule has 36 heavy (non-hydrogen) atoms. The molecule has 3 unspecified atom stereocenters. The minimum absolute atomic E-state index is 0.0129. The van der Waals surface area contributed by atoms with Gasteiger partial charge in [0.1, 0.15) is 18.1 Å². The van der Waals surface area contributed by atoms with Gasteiger partial charge in [0.25, 0.3) is 0 Å². The molecule has 4 amide bonds. The molecular formula is C24H32F3N5O4. The quantitative estimate of drug-likeness (QED) is 0.451. The minimum Gasteiger partial charge on any atom is -0.356 e. The van der Waals surface area contributed by atoms with Gasteiger partial charge in [-0.05, 0) is 42.4 Å². The van der Waals surface area contributed by atoms with Gasteiger partial charge in [-0.3, -0.25) is 19.2 Å². The van der Waals surface area contributed by atoms with Gasteiger partial charge >= 0.3 is 12.1 Å². The maximum absolute atomic E-state index is 13.5. The van der Waals surface area contributed by atoms with E-state index >= 15 is 0 Å². The van der Waals surface area contributed by atoms with E-state index in [1.807, 2.05) is 25.2 Å². The number of piperidine rings is 1. The number of alkyl halides is 3. The Hall–Kier alpha value is -2.84. The third-order valence-electron chi connectivity index (χ3n) is 8.57. The Balaban J connectivity index is 1.50. The van der Waals surface area contributed by atoms with Crippen LogP contribution in [0.4, 0.5) is 13.2 Å². The lowest BCUT2D eigenvalue weighted by atomic mass is 9.80. The van der Waals surface area contributed by atoms with Crippen LogP contribution in [-0.4, -0.2) is 65.9 Å². The van der Waals surface area contributed by atoms with E-state index in [4.69, 9.17) is 0 Å². The van der Waals surface area contributed by atoms with Crippen molar-refractivity contribution in [2.24, 2.45) is 29.1 Å². The van der Waals surface area contributed by atoms with Gasteiger partial charge < -0.3 is 20.9 Å². The highest BCUT2D eigenvalue weighted by Gasteiger charge is 2.69. The summed E-state index contributed by atoms with van der Waals surface area (Å²) < 4.78 is 38.9. The molecule has 2 saturated carbocycles. The number of nitrogens with one attached hydrogen (secondary N) is 3. The van der Waals surface area contributed by atoms with Crippen molar-refractivity contribution in [3.63, 3.8) is 0 Å². The number of carbonyl (C=O) groups is 4. The lowest BCUT2D eigenvalue weighted by Gasteiger charge is -2.36. The Bertz CT molecular complexity index is 974. The van der Waals surface area contributed by atoms with Gasteiger partial charge in [0, 0.05) is 19.0 Å². The first-order valence-electron chi connectivity index (χ1n) is 12.5. The van der Waals surface area contributed by atoms with Crippen molar-refractivity contribution in [3.8, 4) is 6.07 Å². The lowest BCUT2D eigenvalue weighted by Crippen LogP contribution is -2.58. The summed E-state index contributed by atoms with van der Waals surface area (Å²) in [5.74, 6) is -4.20. The van der Waals surface area contributed by atoms with Crippen molar-refractivity contribution in [1.82, 2.24) is 20.9 Å². The van der Waals surface area contributed by atoms with Gasteiger partial charge in [-0.2, -0.15) is 18.4 Å². The monoisotopic (exact) mass is 511 g/mol. The van der Waals surface area contributed by atoms with Crippen molar-refractivity contribution < 1.29 is 32.3 Å². The molecule has 0 spiro atoms. The second-order valence-electron chi connectivity index (χ2n) is 11.1. The summed E-state index contributed by atoms with van der Waals surface area (Å²) in [5.41, 5.74) is -0.245. The summed E-state index contributed by atoms with van der Waals surface area (Å²) in [6.07, 6.45) is -1.89. The minimum atomic E-state index is -5.13. The maximum atomic E-state index is 13.5. The van der Waals surface area contributed by atoms with Crippen LogP contribution in [0.15, 0.2) is 0 Å². The van der Waals surface area contributed by atoms with Crippen LogP contribution >= 0.6 is 0 Å². The average Bonchev–Trinajstić information content (AvgIpc) is 3.13. The first-order valence-corrected chi connectivity index (χ1v) is 12.5. The van der Waals surface area contributed by atoms with E-state index in [2.05, 4.69) is 10.6 Å². The molecular weight excluding hydrogens is 479 g/mol. The van der Waals surface area contributed by atoms with Crippen molar-refractivity contribution in [3.05, 3.63) is 0 Å². The van der Waals surface area contributed by atoms with Crippen LogP contribution in [0.1, 0.15) is 52.4 Å². The third-order valence-corrected chi connectivity index (χ3v) is 8.57. The van der Waals surface area contributed by atoms with E-state index < -0.39 is 47.9 Å². The van der Waals surface area contributed by atoms with E-state index in [9.17, 15) is 37.6 Å². The summed E-state index contributed by atoms with van der Waals surface area (Å²) in [4.78, 5) is 51.8. The molecule has 2 aliphatic carbocycles. The highest BCUT2D eigenvalue weighted by atomic mass is 19.4. The zero-order valence-electron chi connectivity index (χ0n) is 20.4. The Kier molecular flexibility index (Phi) is 6.96. The molecule has 6 atom stereocenters. The number of likely N-dealkylation sites (tertiary alicyclic amines) is 1. The smallest absolute Gasteiger partial charge is 0.356 e. The van der Waals surface area contributed by atoms with Gasteiger partial charge in [0.05, 0.1) is 6.07 Å². The molecule has 12 heteroatoms. The molecule has 2 saturated heterocycles. The first-order chi connectivity index (χ1) is 16.8. The van der Waals surface area contributed by atoms with Crippen molar-refractivity contribution in [1.29, 1.82) is 5.26 Å². The number of carbonyl (C=O) groups excluding carboxylic acids is 4. The lowest BCUT2D eigenvalue weighted by molar-refractivity contribution is -0.175. The fourth-order valence-electron chi connectivity index (χ4n) is 6.09. The molecule has 3 N–H and O–H groups in total. The SMILES string of the molecule is CC1(C)C2CN(C(=O)[C@H](CC3CCC3)NC(=O)C(F)(F)F)C(C(=O)N[C@H](C#N)C[C@@H]3CCNC3=O)C21. The fourth-order valence-corrected chi connectivity index (χ4v) is 6.09. The summed E-state index contributed by atoms with van der Waals surface area (Å²) in [5, 5.41) is 16.8. The molecule has 0 radical (unpaired) electrons. The zero-order chi connectivity index (χ0) is 26.4. The van der Waals surface area contributed by atoms with Crippen LogP contribution in [0.3, 0.4) is 0 Å². The standard InChI is InChI=1S/C24H32F3N5O4/c1-23(2)15-11-32(21(35)16(8-12-4-3-5-12)31-22(36)24(25,26)27)18(17(15)23)20(34)30-14(10-28)9-13-6-7-29-19(13)33/h12-18H,3-9,11H2,1-2H3,(H,29,33)(H,30,34)(H,31,36)/t13-,14-,15?,16-,17?,18?/m0/s1. The highest BCUT2D eigenvalue weighted by molar-refractivity contribution is 5.94. The molecule has 2 heterocycles. The predicted octanol–water partition coefficient (Wildman–Crippen LogP) is 1.24. The Labute approximate surface area is 207 Å². The normalized spacial score (nSPS) is 30.3. The number of hydrogen-bond donors (Lipinski definition) is 3. The number of amides is 4. The number of halogens is 3. The Morgan fingerprint density at radius 1 is 1.19 bits per heavy atom. The number of rotatable bonds is 8. The third kappa shape index (κ3) is 5.02. The summed E-state index contributed by atoms with van der Waals surface area (Å²) in [7, 11) is 0. The molecule has 9 nitrogen and oxygen atoms in total. The topological polar surface area (TPSA) is 131 Å². The van der Waals surface area contributed by atoms with Crippen LogP contribution in [0.25, 0.3) is 0 Å². The molecule has 0 aromatic heterocycles. The molecule has 2 aliphatic heterocycles. The van der Waals surface area contributed by atoms with E-state index in [0.717, 1.165) is 19.3 Å². The molecule has 198 valence electrons. The van der Waals surface area contributed by atoms with Crippen molar-refractivity contribution in [2.75, 3.05) is 13.1 Å². The first kappa shape index (κ1) is 26.2. The van der Waals surface area contributed by atoms with Crippen LogP contribution in [0.2, 0.25) is 0 Å². The van der Waals surface area contributed by atoms with Crippen LogP contribution in [0.5, 0.6) is 0 Å². The van der Waals surface area contributed by atoms with Gasteiger partial charge in [0.15, 0.2) is 0 Å². The Morgan fingerprint density at radius 3 is 2.42 bits per heavy atom. The number of hydrogen-bond acceptors (Lipinski definition) is 5. The molecule has 0 aromatic rings. The summed E-state index contributed by atoms with van der Waals surface area (Å²) >= 11 is 0. The highest BCUT2D eigenvalue weighted by Crippen LogP contribution is 2.65. The van der Waals surface area contributed by atoms with E-state index in [1.165, 1.54) is 4.90 Å². The van der Waals surface area contributed by atoms with Gasteiger partial charge in [-0.15, -0.1) is 0 Å². The van der Waals surface area contributed by atoms with E-state index in [1.54, 1.807) is 0 Å². The van der Waals surface area contributed by atoms with E-state index in [0.29, 0.717) is 13.0 Å². The van der Waals surface area contributed by atoms with Crippen LogP contribution in [-0.2, 0) is 19.2 Å². The van der Waals surface area contributed by atoms with Crippen molar-refractivity contribution >= 4 is 23.6 Å². The zero-order valence-corrected chi connectivity index (χ0v) is 20.4. The van der Waals surface area contributed by atoms with E-state index in [-0.39, 0.29) is 48.5 Å². The molecule has 4 aliphatic rings. The summed E-state index contributed by atoms with van der Waals surface area (Å²) in [6, 6.07) is -1.28. The maximum Gasteiger partial charge on any atom is 0.471 e. The molecule has 4 fully saturated rings.